The predicted molar refractivity (Wildman–Crippen MR) is 132 cm³/mol. The van der Waals surface area contributed by atoms with E-state index in [4.69, 9.17) is 0 Å². The Morgan fingerprint density at radius 1 is 0.788 bits per heavy atom. The van der Waals surface area contributed by atoms with Gasteiger partial charge in [0.25, 0.3) is 0 Å². The first-order valence-electron chi connectivity index (χ1n) is 10.7. The molecule has 0 radical (unpaired) electrons. The van der Waals surface area contributed by atoms with Gasteiger partial charge in [0.2, 0.25) is 0 Å². The minimum absolute atomic E-state index is 0.853. The third-order valence-corrected chi connectivity index (χ3v) is 5.84. The van der Waals surface area contributed by atoms with Crippen LogP contribution in [0.1, 0.15) is 0 Å². The normalized spacial score (nSPS) is 11.3. The van der Waals surface area contributed by atoms with Crippen molar-refractivity contribution in [2.45, 2.75) is 0 Å². The van der Waals surface area contributed by atoms with Crippen LogP contribution in [0.5, 0.6) is 0 Å². The van der Waals surface area contributed by atoms with Crippen molar-refractivity contribution in [2.75, 3.05) is 19.0 Å². The zero-order valence-corrected chi connectivity index (χ0v) is 18.2. The number of benzene rings is 1. The van der Waals surface area contributed by atoms with Crippen molar-refractivity contribution in [3.63, 3.8) is 0 Å². The highest BCUT2D eigenvalue weighted by atomic mass is 15.1. The molecule has 0 fully saturated rings. The fraction of sp³-hybridized carbons (Fsp3) is 0.0769. The van der Waals surface area contributed by atoms with Crippen LogP contribution in [0.3, 0.4) is 0 Å². The molecule has 0 bridgehead atoms. The van der Waals surface area contributed by atoms with E-state index in [0.717, 1.165) is 61.4 Å². The van der Waals surface area contributed by atoms with Gasteiger partial charge < -0.3 is 9.88 Å². The Labute approximate surface area is 190 Å². The van der Waals surface area contributed by atoms with Crippen LogP contribution in [0, 0.1) is 0 Å². The average molecular weight is 432 g/mol. The third-order valence-electron chi connectivity index (χ3n) is 5.84. The monoisotopic (exact) mass is 431 g/mol. The first-order chi connectivity index (χ1) is 16.2. The lowest BCUT2D eigenvalue weighted by Gasteiger charge is -2.12. The molecule has 1 aromatic carbocycles. The molecule has 0 saturated carbocycles. The van der Waals surface area contributed by atoms with Gasteiger partial charge in [0.05, 0.1) is 40.7 Å². The van der Waals surface area contributed by atoms with Gasteiger partial charge in [-0.25, -0.2) is 0 Å². The van der Waals surface area contributed by atoms with Gasteiger partial charge in [0.1, 0.15) is 5.69 Å². The van der Waals surface area contributed by atoms with E-state index < -0.39 is 0 Å². The Morgan fingerprint density at radius 3 is 2.58 bits per heavy atom. The summed E-state index contributed by atoms with van der Waals surface area (Å²) in [6.07, 6.45) is 7.32. The Hall–Kier alpha value is -4.52. The summed E-state index contributed by atoms with van der Waals surface area (Å²) in [6, 6.07) is 18.5. The molecular weight excluding hydrogens is 410 g/mol. The van der Waals surface area contributed by atoms with Gasteiger partial charge in [-0.15, -0.1) is 0 Å². The van der Waals surface area contributed by atoms with Gasteiger partial charge in [-0.3, -0.25) is 20.1 Å². The largest absolute Gasteiger partial charge is 0.376 e. The van der Waals surface area contributed by atoms with Crippen molar-refractivity contribution >= 4 is 27.5 Å². The van der Waals surface area contributed by atoms with E-state index in [1.165, 1.54) is 0 Å². The molecule has 0 amide bonds. The summed E-state index contributed by atoms with van der Waals surface area (Å²) >= 11 is 0. The van der Waals surface area contributed by atoms with E-state index in [0.29, 0.717) is 0 Å². The summed E-state index contributed by atoms with van der Waals surface area (Å²) in [5.41, 5.74) is 8.60. The molecule has 0 spiro atoms. The number of anilines is 1. The van der Waals surface area contributed by atoms with Gasteiger partial charge in [-0.1, -0.05) is 18.2 Å². The molecular formula is C26H21N7. The lowest BCUT2D eigenvalue weighted by atomic mass is 10.1. The van der Waals surface area contributed by atoms with Gasteiger partial charge in [-0.05, 0) is 36.4 Å². The summed E-state index contributed by atoms with van der Waals surface area (Å²) in [7, 11) is 4.00. The van der Waals surface area contributed by atoms with Gasteiger partial charge >= 0.3 is 0 Å². The summed E-state index contributed by atoms with van der Waals surface area (Å²) in [5.74, 6) is 0. The molecule has 0 atom stereocenters. The maximum atomic E-state index is 4.63. The Morgan fingerprint density at radius 2 is 1.73 bits per heavy atom. The number of H-pyrrole nitrogens is 2. The van der Waals surface area contributed by atoms with Crippen LogP contribution < -0.4 is 4.90 Å². The van der Waals surface area contributed by atoms with Crippen LogP contribution in [-0.4, -0.2) is 44.2 Å². The van der Waals surface area contributed by atoms with Crippen LogP contribution in [0.25, 0.3) is 55.7 Å². The SMILES string of the molecule is CN(C)c1cncc(-c2cc3c(-c4cc5c(-c6ccccn6)cccc5[nH]4)n[nH]c3cn2)c1. The number of hydrogen-bond donors (Lipinski definition) is 2. The number of hydrogen-bond acceptors (Lipinski definition) is 5. The molecule has 5 heterocycles. The molecule has 160 valence electrons. The maximum absolute atomic E-state index is 4.63. The van der Waals surface area contributed by atoms with Crippen molar-refractivity contribution in [1.82, 2.24) is 30.1 Å². The molecule has 7 heteroatoms. The zero-order chi connectivity index (χ0) is 22.4. The van der Waals surface area contributed by atoms with Crippen molar-refractivity contribution in [1.29, 1.82) is 0 Å². The van der Waals surface area contributed by atoms with Crippen LogP contribution in [-0.2, 0) is 0 Å². The van der Waals surface area contributed by atoms with Gasteiger partial charge in [-0.2, -0.15) is 5.10 Å². The molecule has 7 nitrogen and oxygen atoms in total. The molecule has 0 aliphatic carbocycles. The quantitative estimate of drug-likeness (QED) is 0.396. The zero-order valence-electron chi connectivity index (χ0n) is 18.2. The smallest absolute Gasteiger partial charge is 0.116 e. The van der Waals surface area contributed by atoms with Crippen LogP contribution in [0.4, 0.5) is 5.69 Å². The fourth-order valence-corrected chi connectivity index (χ4v) is 4.12. The number of pyridine rings is 3. The summed E-state index contributed by atoms with van der Waals surface area (Å²) in [5, 5.41) is 9.84. The molecule has 2 N–H and O–H groups in total. The summed E-state index contributed by atoms with van der Waals surface area (Å²) < 4.78 is 0. The third kappa shape index (κ3) is 3.30. The molecule has 5 aromatic heterocycles. The van der Waals surface area contributed by atoms with Crippen molar-refractivity contribution in [3.8, 4) is 33.9 Å². The summed E-state index contributed by atoms with van der Waals surface area (Å²) in [4.78, 5) is 19.1. The molecule has 6 aromatic rings. The van der Waals surface area contributed by atoms with Crippen LogP contribution in [0.15, 0.2) is 79.4 Å². The van der Waals surface area contributed by atoms with E-state index in [-0.39, 0.29) is 0 Å². The minimum Gasteiger partial charge on any atom is -0.376 e. The minimum atomic E-state index is 0.853. The average Bonchev–Trinajstić information content (AvgIpc) is 3.48. The molecule has 0 saturated heterocycles. The second kappa shape index (κ2) is 7.56. The highest BCUT2D eigenvalue weighted by Gasteiger charge is 2.15. The van der Waals surface area contributed by atoms with Gasteiger partial charge in [0.15, 0.2) is 0 Å². The standard InChI is InChI=1S/C26H21N7/c1-33(2)17-10-16(13-27-14-17)23-12-20-25(15-29-23)31-32-26(20)24-11-19-18(6-5-8-22(19)30-24)21-7-3-4-9-28-21/h3-15,30H,1-2H3,(H,31,32). The predicted octanol–water partition coefficient (Wildman–Crippen LogP) is 5.30. The highest BCUT2D eigenvalue weighted by molar-refractivity contribution is 6.01. The topological polar surface area (TPSA) is 86.4 Å². The highest BCUT2D eigenvalue weighted by Crippen LogP contribution is 2.34. The van der Waals surface area contributed by atoms with Crippen molar-refractivity contribution in [2.24, 2.45) is 0 Å². The fourth-order valence-electron chi connectivity index (χ4n) is 4.12. The van der Waals surface area contributed by atoms with Crippen LogP contribution in [0.2, 0.25) is 0 Å². The maximum Gasteiger partial charge on any atom is 0.116 e. The van der Waals surface area contributed by atoms with E-state index >= 15 is 0 Å². The molecule has 6 rings (SSSR count). The molecule has 33 heavy (non-hydrogen) atoms. The van der Waals surface area contributed by atoms with Crippen LogP contribution >= 0.6 is 0 Å². The Bertz CT molecular complexity index is 1600. The Kier molecular flexibility index (Phi) is 4.40. The molecule has 0 unspecified atom stereocenters. The molecule has 0 aliphatic rings. The van der Waals surface area contributed by atoms with E-state index in [2.05, 4.69) is 60.5 Å². The lowest BCUT2D eigenvalue weighted by Crippen LogP contribution is -2.08. The van der Waals surface area contributed by atoms with Crippen molar-refractivity contribution in [3.05, 3.63) is 79.4 Å². The van der Waals surface area contributed by atoms with Gasteiger partial charge in [0, 0.05) is 53.9 Å². The number of aromatic amines is 2. The lowest BCUT2D eigenvalue weighted by molar-refractivity contribution is 1.11. The second-order valence-electron chi connectivity index (χ2n) is 8.18. The first kappa shape index (κ1) is 19.2. The first-order valence-corrected chi connectivity index (χ1v) is 10.7. The number of rotatable bonds is 4. The number of nitrogens with zero attached hydrogens (tertiary/aromatic N) is 5. The number of fused-ring (bicyclic) bond motifs is 2. The summed E-state index contributed by atoms with van der Waals surface area (Å²) in [6.45, 7) is 0. The van der Waals surface area contributed by atoms with E-state index in [1.807, 2.05) is 68.0 Å². The van der Waals surface area contributed by atoms with E-state index in [1.54, 1.807) is 0 Å². The van der Waals surface area contributed by atoms with Crippen molar-refractivity contribution < 1.29 is 0 Å². The molecule has 0 aliphatic heterocycles. The van der Waals surface area contributed by atoms with E-state index in [9.17, 15) is 0 Å². The number of aromatic nitrogens is 6. The Balaban J connectivity index is 1.48. The number of nitrogens with one attached hydrogen (secondary N) is 2. The second-order valence-corrected chi connectivity index (χ2v) is 8.18.